The van der Waals surface area contributed by atoms with Crippen molar-refractivity contribution in [1.82, 2.24) is 0 Å². The van der Waals surface area contributed by atoms with E-state index in [0.717, 1.165) is 24.3 Å². The van der Waals surface area contributed by atoms with Gasteiger partial charge in [0.1, 0.15) is 11.5 Å². The maximum absolute atomic E-state index is 13.9. The third kappa shape index (κ3) is 4.34. The fourth-order valence-corrected chi connectivity index (χ4v) is 3.01. The molecule has 0 aliphatic rings. The van der Waals surface area contributed by atoms with E-state index in [1.807, 2.05) is 0 Å². The first-order chi connectivity index (χ1) is 13.5. The molecule has 0 aliphatic carbocycles. The van der Waals surface area contributed by atoms with Crippen molar-refractivity contribution in [3.63, 3.8) is 0 Å². The van der Waals surface area contributed by atoms with Gasteiger partial charge in [-0.15, -0.1) is 0 Å². The van der Waals surface area contributed by atoms with Crippen LogP contribution in [-0.2, 0) is 11.1 Å². The first kappa shape index (κ1) is 21.0. The van der Waals surface area contributed by atoms with Crippen molar-refractivity contribution in [1.29, 1.82) is 0 Å². The molecule has 1 unspecified atom stereocenters. The molecule has 3 aromatic rings. The Morgan fingerprint density at radius 2 is 0.966 bits per heavy atom. The number of hydrogen-bond donors (Lipinski definition) is 0. The van der Waals surface area contributed by atoms with E-state index < -0.39 is 28.4 Å². The molecule has 29 heavy (non-hydrogen) atoms. The van der Waals surface area contributed by atoms with Gasteiger partial charge in [0.15, 0.2) is 4.87 Å². The number of rotatable bonds is 4. The number of hydrogen-bond acceptors (Lipinski definition) is 1. The quantitative estimate of drug-likeness (QED) is 0.307. The van der Waals surface area contributed by atoms with Gasteiger partial charge in [0.05, 0.1) is 5.56 Å². The van der Waals surface area contributed by atoms with Crippen molar-refractivity contribution in [2.75, 3.05) is 0 Å². The fourth-order valence-electron chi connectivity index (χ4n) is 2.76. The standard InChI is InChI=1S/C21H13ClF6O/c22-19(21(26,27)28,14-6-8-16(9-7-14)20(23,24)25)15-10-12-18(13-11-15)29-17-4-2-1-3-5-17/h1-13H. The predicted octanol–water partition coefficient (Wildman–Crippen LogP) is 7.54. The molecule has 152 valence electrons. The van der Waals surface area contributed by atoms with Crippen LogP contribution in [0, 0.1) is 0 Å². The lowest BCUT2D eigenvalue weighted by Crippen LogP contribution is -2.38. The van der Waals surface area contributed by atoms with Crippen LogP contribution in [0.4, 0.5) is 26.3 Å². The summed E-state index contributed by atoms with van der Waals surface area (Å²) in [6.45, 7) is 0. The van der Waals surface area contributed by atoms with Crippen LogP contribution in [0.1, 0.15) is 16.7 Å². The molecular formula is C21H13ClF6O. The highest BCUT2D eigenvalue weighted by Crippen LogP contribution is 2.50. The molecule has 0 radical (unpaired) electrons. The minimum atomic E-state index is -4.96. The zero-order valence-corrected chi connectivity index (χ0v) is 15.3. The van der Waals surface area contributed by atoms with Crippen LogP contribution < -0.4 is 4.74 Å². The summed E-state index contributed by atoms with van der Waals surface area (Å²) in [7, 11) is 0. The van der Waals surface area contributed by atoms with Crippen LogP contribution >= 0.6 is 11.6 Å². The molecule has 0 aromatic heterocycles. The van der Waals surface area contributed by atoms with Gasteiger partial charge in [-0.1, -0.05) is 54.1 Å². The van der Waals surface area contributed by atoms with E-state index in [1.54, 1.807) is 30.3 Å². The van der Waals surface area contributed by atoms with Gasteiger partial charge >= 0.3 is 12.4 Å². The lowest BCUT2D eigenvalue weighted by Gasteiger charge is -2.31. The SMILES string of the molecule is FC(F)(F)c1ccc(C(Cl)(c2ccc(Oc3ccccc3)cc2)C(F)(F)F)cc1. The Morgan fingerprint density at radius 1 is 0.552 bits per heavy atom. The maximum atomic E-state index is 13.9. The number of halogens is 7. The Bertz CT molecular complexity index is 950. The number of ether oxygens (including phenoxy) is 1. The smallest absolute Gasteiger partial charge is 0.416 e. The van der Waals surface area contributed by atoms with Gasteiger partial charge in [0.2, 0.25) is 0 Å². The molecule has 0 bridgehead atoms. The Hall–Kier alpha value is -2.67. The second-order valence-corrected chi connectivity index (χ2v) is 6.74. The van der Waals surface area contributed by atoms with E-state index in [1.165, 1.54) is 12.1 Å². The summed E-state index contributed by atoms with van der Waals surface area (Å²) >= 11 is 6.00. The summed E-state index contributed by atoms with van der Waals surface area (Å²) in [4.78, 5) is -3.01. The van der Waals surface area contributed by atoms with Crippen molar-refractivity contribution in [3.8, 4) is 11.5 Å². The highest BCUT2D eigenvalue weighted by molar-refractivity contribution is 6.26. The summed E-state index contributed by atoms with van der Waals surface area (Å²) in [5, 5.41) is 0. The molecule has 3 aromatic carbocycles. The normalized spacial score (nSPS) is 14.3. The molecule has 1 nitrogen and oxygen atoms in total. The Kier molecular flexibility index (Phi) is 5.54. The van der Waals surface area contributed by atoms with Gasteiger partial charge in [0.25, 0.3) is 0 Å². The van der Waals surface area contributed by atoms with Gasteiger partial charge in [-0.05, 0) is 47.5 Å². The summed E-state index contributed by atoms with van der Waals surface area (Å²) in [6.07, 6.45) is -9.63. The van der Waals surface area contributed by atoms with Gasteiger partial charge in [-0.25, -0.2) is 0 Å². The van der Waals surface area contributed by atoms with Crippen LogP contribution in [0.5, 0.6) is 11.5 Å². The fraction of sp³-hybridized carbons (Fsp3) is 0.143. The first-order valence-corrected chi connectivity index (χ1v) is 8.66. The first-order valence-electron chi connectivity index (χ1n) is 8.28. The van der Waals surface area contributed by atoms with Crippen LogP contribution in [-0.4, -0.2) is 6.18 Å². The van der Waals surface area contributed by atoms with E-state index in [0.29, 0.717) is 17.9 Å². The number of benzene rings is 3. The molecule has 0 N–H and O–H groups in total. The van der Waals surface area contributed by atoms with Crippen molar-refractivity contribution in [3.05, 3.63) is 95.6 Å². The van der Waals surface area contributed by atoms with Crippen LogP contribution in [0.3, 0.4) is 0 Å². The topological polar surface area (TPSA) is 9.23 Å². The summed E-state index contributed by atoms with van der Waals surface area (Å²) < 4.78 is 85.3. The molecule has 0 heterocycles. The second-order valence-electron chi connectivity index (χ2n) is 6.17. The van der Waals surface area contributed by atoms with E-state index in [9.17, 15) is 26.3 Å². The monoisotopic (exact) mass is 430 g/mol. The molecule has 0 fully saturated rings. The molecule has 8 heteroatoms. The summed E-state index contributed by atoms with van der Waals surface area (Å²) in [5.74, 6) is 0.782. The van der Waals surface area contributed by atoms with Crippen molar-refractivity contribution < 1.29 is 31.1 Å². The molecule has 0 aliphatic heterocycles. The van der Waals surface area contributed by atoms with E-state index in [2.05, 4.69) is 0 Å². The largest absolute Gasteiger partial charge is 0.457 e. The van der Waals surface area contributed by atoms with Crippen LogP contribution in [0.15, 0.2) is 78.9 Å². The number of alkyl halides is 7. The van der Waals surface area contributed by atoms with E-state index in [-0.39, 0.29) is 11.3 Å². The third-order valence-electron chi connectivity index (χ3n) is 4.23. The molecule has 0 saturated heterocycles. The second kappa shape index (κ2) is 7.63. The van der Waals surface area contributed by atoms with Crippen LogP contribution in [0.2, 0.25) is 0 Å². The Morgan fingerprint density at radius 3 is 1.41 bits per heavy atom. The maximum Gasteiger partial charge on any atom is 0.416 e. The third-order valence-corrected chi connectivity index (χ3v) is 4.88. The molecule has 0 spiro atoms. The van der Waals surface area contributed by atoms with Crippen molar-refractivity contribution in [2.45, 2.75) is 17.2 Å². The lowest BCUT2D eigenvalue weighted by molar-refractivity contribution is -0.154. The van der Waals surface area contributed by atoms with Crippen molar-refractivity contribution >= 4 is 11.6 Å². The summed E-state index contributed by atoms with van der Waals surface area (Å²) in [6, 6.07) is 16.1. The Labute approximate surface area is 167 Å². The molecular weight excluding hydrogens is 418 g/mol. The van der Waals surface area contributed by atoms with Gasteiger partial charge in [-0.3, -0.25) is 0 Å². The molecule has 3 rings (SSSR count). The Balaban J connectivity index is 1.96. The van der Waals surface area contributed by atoms with Crippen molar-refractivity contribution in [2.24, 2.45) is 0 Å². The lowest BCUT2D eigenvalue weighted by atomic mass is 9.89. The average Bonchev–Trinajstić information content (AvgIpc) is 2.67. The highest BCUT2D eigenvalue weighted by Gasteiger charge is 2.56. The molecule has 0 saturated carbocycles. The molecule has 0 amide bonds. The molecule has 1 atom stereocenters. The van der Waals surface area contributed by atoms with Gasteiger partial charge in [0, 0.05) is 0 Å². The minimum Gasteiger partial charge on any atom is -0.457 e. The van der Waals surface area contributed by atoms with E-state index >= 15 is 0 Å². The summed E-state index contributed by atoms with van der Waals surface area (Å²) in [5.41, 5.74) is -1.92. The minimum absolute atomic E-state index is 0.286. The zero-order chi connectivity index (χ0) is 21.3. The predicted molar refractivity (Wildman–Crippen MR) is 97.1 cm³/mol. The van der Waals surface area contributed by atoms with Gasteiger partial charge in [-0.2, -0.15) is 26.3 Å². The average molecular weight is 431 g/mol. The zero-order valence-electron chi connectivity index (χ0n) is 14.6. The van der Waals surface area contributed by atoms with E-state index in [4.69, 9.17) is 16.3 Å². The van der Waals surface area contributed by atoms with Crippen LogP contribution in [0.25, 0.3) is 0 Å². The number of para-hydroxylation sites is 1. The highest BCUT2D eigenvalue weighted by atomic mass is 35.5. The van der Waals surface area contributed by atoms with Gasteiger partial charge < -0.3 is 4.74 Å².